The van der Waals surface area contributed by atoms with Crippen molar-refractivity contribution >= 4 is 13.5 Å². The number of aromatic amines is 1. The highest BCUT2D eigenvalue weighted by Crippen LogP contribution is 2.36. The van der Waals surface area contributed by atoms with Crippen molar-refractivity contribution in [2.75, 3.05) is 0 Å². The normalized spacial score (nSPS) is 13.1. The summed E-state index contributed by atoms with van der Waals surface area (Å²) in [7, 11) is -4.49. The number of phosphoric ester groups is 1. The Labute approximate surface area is 84.9 Å². The molecule has 0 saturated carbocycles. The van der Waals surface area contributed by atoms with Gasteiger partial charge in [-0.2, -0.15) is 0 Å². The first-order valence-electron chi connectivity index (χ1n) is 3.86. The molecule has 0 unspecified atom stereocenters. The van der Waals surface area contributed by atoms with Gasteiger partial charge in [-0.15, -0.1) is 0 Å². The van der Waals surface area contributed by atoms with Crippen LogP contribution in [0.3, 0.4) is 0 Å². The maximum Gasteiger partial charge on any atom is 0.469 e. The Morgan fingerprint density at radius 3 is 2.93 bits per heavy atom. The molecule has 0 fully saturated rings. The predicted molar refractivity (Wildman–Crippen MR) is 49.4 cm³/mol. The summed E-state index contributed by atoms with van der Waals surface area (Å²) in [6.45, 7) is 1.20. The number of nitrogens with one attached hydrogen (secondary N) is 1. The van der Waals surface area contributed by atoms with Gasteiger partial charge in [0.25, 0.3) is 0 Å². The van der Waals surface area contributed by atoms with Crippen molar-refractivity contribution in [3.63, 3.8) is 0 Å². The highest BCUT2D eigenvalue weighted by Gasteiger charge is 2.15. The van der Waals surface area contributed by atoms with Gasteiger partial charge in [-0.1, -0.05) is 5.16 Å². The lowest BCUT2D eigenvalue weighted by Gasteiger charge is -2.01. The zero-order chi connectivity index (χ0) is 11.5. The lowest BCUT2D eigenvalue weighted by molar-refractivity contribution is 0.187. The number of imidazole rings is 1. The molecule has 4 N–H and O–H groups in total. The molecule has 0 radical (unpaired) electrons. The molecule has 0 saturated heterocycles. The fraction of sp³-hybridized carbons (Fsp3) is 0.333. The first kappa shape index (κ1) is 11.9. The number of oxime groups is 1. The van der Waals surface area contributed by atoms with Gasteiger partial charge in [0, 0.05) is 6.20 Å². The highest BCUT2D eigenvalue weighted by atomic mass is 31.2. The van der Waals surface area contributed by atoms with E-state index < -0.39 is 7.82 Å². The summed E-state index contributed by atoms with van der Waals surface area (Å²) >= 11 is 0. The van der Waals surface area contributed by atoms with Crippen LogP contribution in [0.25, 0.3) is 0 Å². The number of hydrogen-bond acceptors (Lipinski definition) is 5. The van der Waals surface area contributed by atoms with Crippen LogP contribution in [0.15, 0.2) is 11.4 Å². The molecule has 1 aromatic heterocycles. The maximum absolute atomic E-state index is 10.4. The third kappa shape index (κ3) is 3.80. The molecule has 15 heavy (non-hydrogen) atoms. The summed E-state index contributed by atoms with van der Waals surface area (Å²) in [5.41, 5.74) is 0.564. The van der Waals surface area contributed by atoms with E-state index in [0.717, 1.165) is 0 Å². The van der Waals surface area contributed by atoms with Crippen molar-refractivity contribution < 1.29 is 24.1 Å². The lowest BCUT2D eigenvalue weighted by atomic mass is 10.4. The summed E-state index contributed by atoms with van der Waals surface area (Å²) in [4.78, 5) is 23.4. The van der Waals surface area contributed by atoms with Crippen LogP contribution in [0, 0.1) is 0 Å². The van der Waals surface area contributed by atoms with Crippen LogP contribution in [0.2, 0.25) is 0 Å². The summed E-state index contributed by atoms with van der Waals surface area (Å²) in [6, 6.07) is 0. The molecule has 1 rings (SSSR count). The summed E-state index contributed by atoms with van der Waals surface area (Å²) in [5, 5.41) is 11.3. The first-order valence-corrected chi connectivity index (χ1v) is 5.39. The number of aromatic nitrogens is 2. The van der Waals surface area contributed by atoms with Crippen LogP contribution in [0.4, 0.5) is 0 Å². The van der Waals surface area contributed by atoms with Crippen LogP contribution in [-0.2, 0) is 15.7 Å². The largest absolute Gasteiger partial charge is 0.469 e. The molecule has 0 spiro atoms. The minimum Gasteiger partial charge on any atom is -0.411 e. The Hall–Kier alpha value is -1.21. The average molecular weight is 235 g/mol. The Morgan fingerprint density at radius 1 is 1.73 bits per heavy atom. The van der Waals surface area contributed by atoms with Gasteiger partial charge in [-0.05, 0) is 6.92 Å². The van der Waals surface area contributed by atoms with Crippen LogP contribution in [0.5, 0.6) is 0 Å². The van der Waals surface area contributed by atoms with E-state index in [9.17, 15) is 4.57 Å². The smallest absolute Gasteiger partial charge is 0.411 e. The first-order chi connectivity index (χ1) is 6.92. The summed E-state index contributed by atoms with van der Waals surface area (Å²) in [6.07, 6.45) is 1.40. The third-order valence-electron chi connectivity index (χ3n) is 1.50. The van der Waals surface area contributed by atoms with E-state index in [1.807, 2.05) is 0 Å². The van der Waals surface area contributed by atoms with Crippen molar-refractivity contribution in [2.24, 2.45) is 5.16 Å². The number of nitrogens with zero attached hydrogens (tertiary/aromatic N) is 2. The van der Waals surface area contributed by atoms with E-state index >= 15 is 0 Å². The zero-order valence-corrected chi connectivity index (χ0v) is 8.68. The summed E-state index contributed by atoms with van der Waals surface area (Å²) < 4.78 is 14.6. The van der Waals surface area contributed by atoms with E-state index in [1.165, 1.54) is 13.1 Å². The van der Waals surface area contributed by atoms with Crippen LogP contribution >= 0.6 is 7.82 Å². The van der Waals surface area contributed by atoms with E-state index in [0.29, 0.717) is 11.5 Å². The van der Waals surface area contributed by atoms with Crippen molar-refractivity contribution in [3.8, 4) is 0 Å². The monoisotopic (exact) mass is 235 g/mol. The van der Waals surface area contributed by atoms with Crippen molar-refractivity contribution in [1.29, 1.82) is 0 Å². The Kier molecular flexibility index (Phi) is 3.59. The number of phosphoric acid groups is 1. The Morgan fingerprint density at radius 2 is 2.40 bits per heavy atom. The minimum atomic E-state index is -4.49. The molecular weight excluding hydrogens is 225 g/mol. The molecule has 1 aromatic rings. The van der Waals surface area contributed by atoms with Gasteiger partial charge in [0.05, 0.1) is 5.69 Å². The van der Waals surface area contributed by atoms with E-state index in [1.54, 1.807) is 0 Å². The Balaban J connectivity index is 2.65. The standard InChI is InChI=1S/C6H10N3O5P/c1-4(9-10)6-7-2-5(8-6)3-14-15(11,12)13/h2,10H,3H2,1H3,(H,7,8)(H2,11,12,13)/b9-4+. The number of rotatable bonds is 4. The van der Waals surface area contributed by atoms with Gasteiger partial charge in [-0.3, -0.25) is 4.52 Å². The lowest BCUT2D eigenvalue weighted by Crippen LogP contribution is -1.98. The fourth-order valence-corrected chi connectivity index (χ4v) is 1.12. The molecule has 0 atom stereocenters. The van der Waals surface area contributed by atoms with E-state index in [4.69, 9.17) is 15.0 Å². The molecule has 0 amide bonds. The van der Waals surface area contributed by atoms with Crippen molar-refractivity contribution in [2.45, 2.75) is 13.5 Å². The molecule has 9 heteroatoms. The average Bonchev–Trinajstić information content (AvgIpc) is 2.61. The fourth-order valence-electron chi connectivity index (χ4n) is 0.817. The molecule has 1 heterocycles. The molecule has 0 aliphatic heterocycles. The van der Waals surface area contributed by atoms with E-state index in [2.05, 4.69) is 19.6 Å². The third-order valence-corrected chi connectivity index (χ3v) is 1.97. The van der Waals surface area contributed by atoms with E-state index in [-0.39, 0.29) is 12.3 Å². The molecule has 8 nitrogen and oxygen atoms in total. The van der Waals surface area contributed by atoms with Crippen LogP contribution in [0.1, 0.15) is 18.4 Å². The van der Waals surface area contributed by atoms with Gasteiger partial charge in [0.2, 0.25) is 0 Å². The maximum atomic E-state index is 10.4. The second kappa shape index (κ2) is 4.54. The second-order valence-corrected chi connectivity index (χ2v) is 3.93. The molecule has 0 bridgehead atoms. The van der Waals surface area contributed by atoms with Crippen LogP contribution < -0.4 is 0 Å². The number of hydrogen-bond donors (Lipinski definition) is 4. The molecule has 0 aliphatic carbocycles. The molecular formula is C6H10N3O5P. The number of H-pyrrole nitrogens is 1. The quantitative estimate of drug-likeness (QED) is 0.256. The van der Waals surface area contributed by atoms with Gasteiger partial charge in [0.15, 0.2) is 5.82 Å². The van der Waals surface area contributed by atoms with Crippen molar-refractivity contribution in [3.05, 3.63) is 17.7 Å². The van der Waals surface area contributed by atoms with Gasteiger partial charge in [0.1, 0.15) is 12.3 Å². The Bertz CT molecular complexity index is 409. The summed E-state index contributed by atoms with van der Waals surface area (Å²) in [5.74, 6) is 0.307. The second-order valence-electron chi connectivity index (χ2n) is 2.69. The van der Waals surface area contributed by atoms with Gasteiger partial charge < -0.3 is 20.0 Å². The van der Waals surface area contributed by atoms with Gasteiger partial charge in [-0.25, -0.2) is 9.55 Å². The SMILES string of the molecule is C/C(=N\O)c1nc(COP(=O)(O)O)c[nH]1. The van der Waals surface area contributed by atoms with Crippen LogP contribution in [-0.4, -0.2) is 30.7 Å². The zero-order valence-electron chi connectivity index (χ0n) is 7.78. The van der Waals surface area contributed by atoms with Gasteiger partial charge >= 0.3 is 7.82 Å². The van der Waals surface area contributed by atoms with Crippen molar-refractivity contribution in [1.82, 2.24) is 9.97 Å². The topological polar surface area (TPSA) is 128 Å². The predicted octanol–water partition coefficient (Wildman–Crippen LogP) is 0.217. The molecule has 0 aromatic carbocycles. The molecule has 0 aliphatic rings. The molecule has 84 valence electrons. The highest BCUT2D eigenvalue weighted by molar-refractivity contribution is 7.46. The minimum absolute atomic E-state index is 0.262.